The third-order valence-electron chi connectivity index (χ3n) is 3.40. The molecule has 0 unspecified atom stereocenters. The van der Waals surface area contributed by atoms with Gasteiger partial charge in [0.1, 0.15) is 5.75 Å². The largest absolute Gasteiger partial charge is 0.482 e. The Labute approximate surface area is 124 Å². The fraction of sp³-hybridized carbons (Fsp3) is 0.500. The minimum atomic E-state index is -1.03. The van der Waals surface area contributed by atoms with Gasteiger partial charge < -0.3 is 14.7 Å². The molecule has 5 nitrogen and oxygen atoms in total. The highest BCUT2D eigenvalue weighted by atomic mass is 16.5. The van der Waals surface area contributed by atoms with Crippen LogP contribution in [-0.2, 0) is 4.79 Å². The van der Waals surface area contributed by atoms with Gasteiger partial charge in [-0.2, -0.15) is 0 Å². The molecule has 1 aliphatic rings. The SMILES string of the molecule is CCCN(CC1CC1)C(=O)c1cccc(OCC(=O)O)c1. The van der Waals surface area contributed by atoms with E-state index >= 15 is 0 Å². The predicted molar refractivity (Wildman–Crippen MR) is 78.5 cm³/mol. The molecule has 1 saturated carbocycles. The molecule has 1 amide bonds. The fourth-order valence-electron chi connectivity index (χ4n) is 2.20. The molecule has 0 aromatic heterocycles. The Bertz CT molecular complexity index is 511. The van der Waals surface area contributed by atoms with E-state index in [-0.39, 0.29) is 5.91 Å². The number of carbonyl (C=O) groups is 2. The summed E-state index contributed by atoms with van der Waals surface area (Å²) in [5, 5.41) is 8.62. The van der Waals surface area contributed by atoms with Crippen LogP contribution in [0.4, 0.5) is 0 Å². The minimum absolute atomic E-state index is 0.00970. The molecule has 5 heteroatoms. The Hall–Kier alpha value is -2.04. The Morgan fingerprint density at radius 1 is 1.38 bits per heavy atom. The lowest BCUT2D eigenvalue weighted by Gasteiger charge is -2.22. The number of carboxylic acid groups (broad SMARTS) is 1. The second kappa shape index (κ2) is 7.11. The molecule has 0 saturated heterocycles. The molecule has 0 aliphatic heterocycles. The molecular weight excluding hydrogens is 270 g/mol. The van der Waals surface area contributed by atoms with E-state index in [1.165, 1.54) is 12.8 Å². The molecule has 1 N–H and O–H groups in total. The van der Waals surface area contributed by atoms with Gasteiger partial charge in [0.2, 0.25) is 0 Å². The first-order valence-electron chi connectivity index (χ1n) is 7.34. The van der Waals surface area contributed by atoms with Crippen molar-refractivity contribution >= 4 is 11.9 Å². The highest BCUT2D eigenvalue weighted by Crippen LogP contribution is 2.30. The molecule has 2 rings (SSSR count). The van der Waals surface area contributed by atoms with Crippen molar-refractivity contribution in [2.24, 2.45) is 5.92 Å². The zero-order valence-corrected chi connectivity index (χ0v) is 12.2. The molecule has 1 aliphatic carbocycles. The Morgan fingerprint density at radius 3 is 2.76 bits per heavy atom. The van der Waals surface area contributed by atoms with Crippen LogP contribution in [0.5, 0.6) is 5.75 Å². The fourth-order valence-corrected chi connectivity index (χ4v) is 2.20. The van der Waals surface area contributed by atoms with Gasteiger partial charge in [0.15, 0.2) is 6.61 Å². The number of hydrogen-bond donors (Lipinski definition) is 1. The van der Waals surface area contributed by atoms with Crippen LogP contribution in [0.1, 0.15) is 36.5 Å². The smallest absolute Gasteiger partial charge is 0.341 e. The third kappa shape index (κ3) is 4.77. The molecule has 114 valence electrons. The lowest BCUT2D eigenvalue weighted by Crippen LogP contribution is -2.33. The van der Waals surface area contributed by atoms with Gasteiger partial charge in [-0.3, -0.25) is 4.79 Å². The van der Waals surface area contributed by atoms with E-state index in [1.807, 2.05) is 4.90 Å². The average Bonchev–Trinajstić information content (AvgIpc) is 3.28. The molecule has 21 heavy (non-hydrogen) atoms. The number of carbonyl (C=O) groups excluding carboxylic acids is 1. The maximum absolute atomic E-state index is 12.5. The van der Waals surface area contributed by atoms with Gasteiger partial charge in [0.25, 0.3) is 5.91 Å². The van der Waals surface area contributed by atoms with Gasteiger partial charge in [0, 0.05) is 18.7 Å². The third-order valence-corrected chi connectivity index (χ3v) is 3.40. The molecule has 0 heterocycles. The van der Waals surface area contributed by atoms with E-state index in [9.17, 15) is 9.59 Å². The first-order chi connectivity index (χ1) is 10.1. The quantitative estimate of drug-likeness (QED) is 0.798. The molecule has 0 bridgehead atoms. The van der Waals surface area contributed by atoms with Crippen molar-refractivity contribution in [2.45, 2.75) is 26.2 Å². The van der Waals surface area contributed by atoms with E-state index in [4.69, 9.17) is 9.84 Å². The summed E-state index contributed by atoms with van der Waals surface area (Å²) in [5.41, 5.74) is 0.548. The van der Waals surface area contributed by atoms with Gasteiger partial charge in [-0.25, -0.2) is 4.79 Å². The van der Waals surface area contributed by atoms with Crippen molar-refractivity contribution in [3.8, 4) is 5.75 Å². The van der Waals surface area contributed by atoms with Crippen LogP contribution in [0, 0.1) is 5.92 Å². The number of aliphatic carboxylic acids is 1. The number of benzene rings is 1. The van der Waals surface area contributed by atoms with Gasteiger partial charge >= 0.3 is 5.97 Å². The number of ether oxygens (including phenoxy) is 1. The summed E-state index contributed by atoms with van der Waals surface area (Å²) in [6, 6.07) is 6.72. The molecule has 1 aromatic rings. The van der Waals surface area contributed by atoms with Crippen LogP contribution in [0.25, 0.3) is 0 Å². The topological polar surface area (TPSA) is 66.8 Å². The predicted octanol–water partition coefficient (Wildman–Crippen LogP) is 2.41. The van der Waals surface area contributed by atoms with Crippen LogP contribution in [0.3, 0.4) is 0 Å². The van der Waals surface area contributed by atoms with Crippen molar-refractivity contribution in [3.05, 3.63) is 29.8 Å². The van der Waals surface area contributed by atoms with Crippen LogP contribution in [0.15, 0.2) is 24.3 Å². The van der Waals surface area contributed by atoms with Gasteiger partial charge in [-0.1, -0.05) is 13.0 Å². The first kappa shape index (κ1) is 15.4. The Kier molecular flexibility index (Phi) is 5.20. The molecule has 0 spiro atoms. The van der Waals surface area contributed by atoms with Crippen molar-refractivity contribution in [3.63, 3.8) is 0 Å². The molecule has 0 atom stereocenters. The van der Waals surface area contributed by atoms with Gasteiger partial charge in [-0.15, -0.1) is 0 Å². The molecule has 1 fully saturated rings. The van der Waals surface area contributed by atoms with Crippen LogP contribution >= 0.6 is 0 Å². The van der Waals surface area contributed by atoms with E-state index in [1.54, 1.807) is 24.3 Å². The van der Waals surface area contributed by atoms with Crippen molar-refractivity contribution < 1.29 is 19.4 Å². The number of nitrogens with zero attached hydrogens (tertiary/aromatic N) is 1. The second-order valence-corrected chi connectivity index (χ2v) is 5.40. The number of carboxylic acids is 1. The van der Waals surface area contributed by atoms with Crippen LogP contribution in [0.2, 0.25) is 0 Å². The Morgan fingerprint density at radius 2 is 2.14 bits per heavy atom. The van der Waals surface area contributed by atoms with Crippen molar-refractivity contribution in [1.29, 1.82) is 0 Å². The zero-order valence-electron chi connectivity index (χ0n) is 12.2. The molecule has 0 radical (unpaired) electrons. The standard InChI is InChI=1S/C16H21NO4/c1-2-8-17(10-12-6-7-12)16(20)13-4-3-5-14(9-13)21-11-15(18)19/h3-5,9,12H,2,6-8,10-11H2,1H3,(H,18,19). The Balaban J connectivity index is 2.05. The second-order valence-electron chi connectivity index (χ2n) is 5.40. The molecular formula is C16H21NO4. The van der Waals surface area contributed by atoms with E-state index < -0.39 is 12.6 Å². The number of amides is 1. The lowest BCUT2D eigenvalue weighted by atomic mass is 10.1. The summed E-state index contributed by atoms with van der Waals surface area (Å²) in [5.74, 6) is 0.00987. The van der Waals surface area contributed by atoms with E-state index in [2.05, 4.69) is 6.92 Å². The molecule has 1 aromatic carbocycles. The normalized spacial score (nSPS) is 13.8. The summed E-state index contributed by atoms with van der Waals surface area (Å²) < 4.78 is 5.12. The number of hydrogen-bond acceptors (Lipinski definition) is 3. The highest BCUT2D eigenvalue weighted by molar-refractivity contribution is 5.94. The minimum Gasteiger partial charge on any atom is -0.482 e. The zero-order chi connectivity index (χ0) is 15.2. The van der Waals surface area contributed by atoms with Gasteiger partial charge in [-0.05, 0) is 43.4 Å². The van der Waals surface area contributed by atoms with Crippen LogP contribution in [-0.4, -0.2) is 41.6 Å². The lowest BCUT2D eigenvalue weighted by molar-refractivity contribution is -0.139. The van der Waals surface area contributed by atoms with Crippen molar-refractivity contribution in [2.75, 3.05) is 19.7 Å². The average molecular weight is 291 g/mol. The first-order valence-corrected chi connectivity index (χ1v) is 7.34. The summed E-state index contributed by atoms with van der Waals surface area (Å²) >= 11 is 0. The summed E-state index contributed by atoms with van der Waals surface area (Å²) in [7, 11) is 0. The van der Waals surface area contributed by atoms with Gasteiger partial charge in [0.05, 0.1) is 0 Å². The van der Waals surface area contributed by atoms with E-state index in [0.717, 1.165) is 19.5 Å². The summed E-state index contributed by atoms with van der Waals surface area (Å²) in [6.07, 6.45) is 3.33. The van der Waals surface area contributed by atoms with Crippen LogP contribution < -0.4 is 4.74 Å². The highest BCUT2D eigenvalue weighted by Gasteiger charge is 2.26. The summed E-state index contributed by atoms with van der Waals surface area (Å²) in [4.78, 5) is 24.9. The maximum atomic E-state index is 12.5. The maximum Gasteiger partial charge on any atom is 0.341 e. The summed E-state index contributed by atoms with van der Waals surface area (Å²) in [6.45, 7) is 3.21. The monoisotopic (exact) mass is 291 g/mol. The number of rotatable bonds is 8. The van der Waals surface area contributed by atoms with Crippen molar-refractivity contribution in [1.82, 2.24) is 4.90 Å². The van der Waals surface area contributed by atoms with E-state index in [0.29, 0.717) is 17.2 Å².